The van der Waals surface area contributed by atoms with E-state index in [2.05, 4.69) is 0 Å². The van der Waals surface area contributed by atoms with Gasteiger partial charge < -0.3 is 5.11 Å². The maximum Gasteiger partial charge on any atom is 0.309 e. The molecule has 0 radical (unpaired) electrons. The quantitative estimate of drug-likeness (QED) is 0.725. The normalized spacial score (nSPS) is 57.1. The first-order valence-corrected chi connectivity index (χ1v) is 6.22. The van der Waals surface area contributed by atoms with Gasteiger partial charge in [0.2, 0.25) is 0 Å². The van der Waals surface area contributed by atoms with E-state index in [1.165, 1.54) is 0 Å². The summed E-state index contributed by atoms with van der Waals surface area (Å²) in [5.74, 6) is -0.269. The molecule has 2 unspecified atom stereocenters. The third-order valence-electron chi connectivity index (χ3n) is 4.39. The topological polar surface area (TPSA) is 37.3 Å². The van der Waals surface area contributed by atoms with Crippen molar-refractivity contribution < 1.29 is 9.90 Å². The minimum absolute atomic E-state index is 0.334. The van der Waals surface area contributed by atoms with Crippen LogP contribution in [-0.2, 0) is 4.79 Å². The van der Waals surface area contributed by atoms with Crippen LogP contribution in [0.1, 0.15) is 38.5 Å². The maximum atomic E-state index is 11.4. The van der Waals surface area contributed by atoms with Crippen LogP contribution in [0.5, 0.6) is 0 Å². The van der Waals surface area contributed by atoms with E-state index in [0.717, 1.165) is 25.7 Å². The number of alkyl halides is 2. The minimum Gasteiger partial charge on any atom is -0.481 e. The number of aliphatic carboxylic acids is 1. The van der Waals surface area contributed by atoms with Gasteiger partial charge in [-0.05, 0) is 44.4 Å². The van der Waals surface area contributed by atoms with Crippen LogP contribution in [0, 0.1) is 11.3 Å². The van der Waals surface area contributed by atoms with Crippen molar-refractivity contribution in [3.63, 3.8) is 0 Å². The van der Waals surface area contributed by atoms with E-state index in [9.17, 15) is 9.90 Å². The molecule has 0 saturated heterocycles. The lowest BCUT2D eigenvalue weighted by molar-refractivity contribution is -0.161. The summed E-state index contributed by atoms with van der Waals surface area (Å²) in [5.41, 5.74) is -0.622. The van der Waals surface area contributed by atoms with Gasteiger partial charge in [0.1, 0.15) is 0 Å². The van der Waals surface area contributed by atoms with Crippen molar-refractivity contribution in [3.8, 4) is 0 Å². The van der Waals surface area contributed by atoms with Gasteiger partial charge in [0.15, 0.2) is 0 Å². The lowest BCUT2D eigenvalue weighted by Crippen LogP contribution is -2.61. The molecule has 4 aliphatic carbocycles. The molecule has 0 amide bonds. The molecule has 15 heavy (non-hydrogen) atoms. The Morgan fingerprint density at radius 1 is 1.07 bits per heavy atom. The van der Waals surface area contributed by atoms with Gasteiger partial charge in [-0.1, -0.05) is 0 Å². The van der Waals surface area contributed by atoms with Crippen LogP contribution >= 0.6 is 23.2 Å². The Kier molecular flexibility index (Phi) is 1.81. The van der Waals surface area contributed by atoms with E-state index in [0.29, 0.717) is 18.8 Å². The molecule has 2 nitrogen and oxygen atoms in total. The van der Waals surface area contributed by atoms with E-state index in [1.54, 1.807) is 0 Å². The number of hydrogen-bond donors (Lipinski definition) is 1. The van der Waals surface area contributed by atoms with Crippen LogP contribution in [0.15, 0.2) is 0 Å². The number of rotatable bonds is 1. The Morgan fingerprint density at radius 3 is 2.00 bits per heavy atom. The summed E-state index contributed by atoms with van der Waals surface area (Å²) in [6, 6.07) is 0. The summed E-state index contributed by atoms with van der Waals surface area (Å²) in [4.78, 5) is 10.8. The highest BCUT2D eigenvalue weighted by atomic mass is 35.5. The second kappa shape index (κ2) is 2.65. The molecular formula is C11H14Cl2O2. The molecule has 0 aromatic rings. The number of carbonyl (C=O) groups is 1. The van der Waals surface area contributed by atoms with Gasteiger partial charge in [0.25, 0.3) is 0 Å². The number of carboxylic acid groups (broad SMARTS) is 1. The molecule has 0 heterocycles. The van der Waals surface area contributed by atoms with Crippen molar-refractivity contribution in [1.82, 2.24) is 0 Å². The van der Waals surface area contributed by atoms with Gasteiger partial charge in [-0.15, -0.1) is 23.2 Å². The molecule has 4 saturated carbocycles. The molecule has 0 aromatic carbocycles. The Hall–Kier alpha value is 0.0500. The lowest BCUT2D eigenvalue weighted by Gasteiger charge is -2.61. The summed E-state index contributed by atoms with van der Waals surface area (Å²) in [6.45, 7) is 0. The Balaban J connectivity index is 2.05. The molecule has 2 atom stereocenters. The van der Waals surface area contributed by atoms with Crippen molar-refractivity contribution in [1.29, 1.82) is 0 Å². The second-order valence-corrected chi connectivity index (χ2v) is 7.50. The van der Waals surface area contributed by atoms with Crippen molar-refractivity contribution in [2.75, 3.05) is 0 Å². The highest BCUT2D eigenvalue weighted by Gasteiger charge is 2.65. The maximum absolute atomic E-state index is 11.4. The van der Waals surface area contributed by atoms with Crippen LogP contribution in [0.2, 0.25) is 0 Å². The fourth-order valence-corrected chi connectivity index (χ4v) is 5.97. The predicted molar refractivity (Wildman–Crippen MR) is 58.4 cm³/mol. The predicted octanol–water partition coefficient (Wildman–Crippen LogP) is 3.01. The van der Waals surface area contributed by atoms with E-state index in [-0.39, 0.29) is 9.75 Å². The molecule has 4 bridgehead atoms. The minimum atomic E-state index is -0.693. The summed E-state index contributed by atoms with van der Waals surface area (Å²) >= 11 is 13.0. The monoisotopic (exact) mass is 248 g/mol. The first-order valence-electron chi connectivity index (χ1n) is 5.46. The summed E-state index contributed by atoms with van der Waals surface area (Å²) in [5, 5.41) is 9.39. The average Bonchev–Trinajstić information content (AvgIpc) is 1.95. The molecule has 0 aromatic heterocycles. The number of carboxylic acids is 1. The van der Waals surface area contributed by atoms with Gasteiger partial charge in [-0.2, -0.15) is 0 Å². The molecule has 4 fully saturated rings. The third kappa shape index (κ3) is 1.34. The van der Waals surface area contributed by atoms with Crippen molar-refractivity contribution in [2.45, 2.75) is 48.3 Å². The first-order chi connectivity index (χ1) is 6.85. The van der Waals surface area contributed by atoms with Crippen LogP contribution in [0.25, 0.3) is 0 Å². The average molecular weight is 249 g/mol. The van der Waals surface area contributed by atoms with Crippen LogP contribution in [-0.4, -0.2) is 20.8 Å². The zero-order valence-corrected chi connectivity index (χ0v) is 9.94. The summed E-state index contributed by atoms with van der Waals surface area (Å²) in [6.07, 6.45) is 4.71. The lowest BCUT2D eigenvalue weighted by atomic mass is 9.49. The molecule has 4 rings (SSSR count). The van der Waals surface area contributed by atoms with Crippen LogP contribution < -0.4 is 0 Å². The fourth-order valence-electron chi connectivity index (χ4n) is 4.44. The van der Waals surface area contributed by atoms with Gasteiger partial charge in [-0.3, -0.25) is 4.79 Å². The molecule has 84 valence electrons. The van der Waals surface area contributed by atoms with Crippen molar-refractivity contribution >= 4 is 29.2 Å². The standard InChI is InChI=1S/C11H14Cl2O2/c12-10-2-7-1-9(4-10,8(14)15)5-11(13,3-7)6-10/h7H,1-6H2,(H,14,15). The van der Waals surface area contributed by atoms with E-state index in [1.807, 2.05) is 0 Å². The highest BCUT2D eigenvalue weighted by molar-refractivity contribution is 6.28. The Morgan fingerprint density at radius 2 is 1.60 bits per heavy atom. The van der Waals surface area contributed by atoms with Crippen LogP contribution in [0.4, 0.5) is 0 Å². The summed E-state index contributed by atoms with van der Waals surface area (Å²) in [7, 11) is 0. The zero-order valence-electron chi connectivity index (χ0n) is 8.43. The smallest absolute Gasteiger partial charge is 0.309 e. The molecule has 0 spiro atoms. The second-order valence-electron chi connectivity index (χ2n) is 5.90. The van der Waals surface area contributed by atoms with E-state index in [4.69, 9.17) is 23.2 Å². The zero-order chi connectivity index (χ0) is 10.9. The Bertz CT molecular complexity index is 323. The van der Waals surface area contributed by atoms with Crippen molar-refractivity contribution in [3.05, 3.63) is 0 Å². The summed E-state index contributed by atoms with van der Waals surface area (Å²) < 4.78 is 0. The third-order valence-corrected chi connectivity index (χ3v) is 5.23. The fraction of sp³-hybridized carbons (Fsp3) is 0.909. The highest BCUT2D eigenvalue weighted by Crippen LogP contribution is 2.67. The van der Waals surface area contributed by atoms with Crippen molar-refractivity contribution in [2.24, 2.45) is 11.3 Å². The largest absolute Gasteiger partial charge is 0.481 e. The van der Waals surface area contributed by atoms with E-state index < -0.39 is 11.4 Å². The molecule has 4 aliphatic rings. The van der Waals surface area contributed by atoms with Gasteiger partial charge in [0, 0.05) is 9.75 Å². The van der Waals surface area contributed by atoms with Gasteiger partial charge in [0.05, 0.1) is 5.41 Å². The van der Waals surface area contributed by atoms with Gasteiger partial charge in [-0.25, -0.2) is 0 Å². The number of hydrogen-bond acceptors (Lipinski definition) is 1. The van der Waals surface area contributed by atoms with E-state index >= 15 is 0 Å². The SMILES string of the molecule is O=C(O)C12CC3CC(Cl)(CC(Cl)(C3)C1)C2. The Labute approximate surface area is 98.9 Å². The molecular weight excluding hydrogens is 235 g/mol. The molecule has 0 aliphatic heterocycles. The van der Waals surface area contributed by atoms with Crippen LogP contribution in [0.3, 0.4) is 0 Å². The molecule has 1 N–H and O–H groups in total. The first kappa shape index (κ1) is 10.2. The number of halogens is 2. The molecule has 4 heteroatoms. The van der Waals surface area contributed by atoms with Gasteiger partial charge >= 0.3 is 5.97 Å².